The molecule has 0 aliphatic carbocycles. The molecule has 0 N–H and O–H groups in total. The predicted octanol–water partition coefficient (Wildman–Crippen LogP) is 5.25. The Morgan fingerprint density at radius 1 is 1.27 bits per heavy atom. The Kier molecular flexibility index (Phi) is 5.32. The van der Waals surface area contributed by atoms with Crippen molar-refractivity contribution in [1.82, 2.24) is 4.90 Å². The number of hydrogen-bond donors (Lipinski definition) is 0. The molecule has 4 heteroatoms. The highest BCUT2D eigenvalue weighted by Gasteiger charge is 2.32. The summed E-state index contributed by atoms with van der Waals surface area (Å²) in [5.41, 5.74) is 1.58. The van der Waals surface area contributed by atoms with Crippen LogP contribution in [0.1, 0.15) is 45.6 Å². The van der Waals surface area contributed by atoms with Crippen LogP contribution in [0.15, 0.2) is 35.3 Å². The molecular formula is C18H24BrNO2. The molecular weight excluding hydrogens is 342 g/mol. The van der Waals surface area contributed by atoms with Gasteiger partial charge in [0.2, 0.25) is 0 Å². The van der Waals surface area contributed by atoms with E-state index >= 15 is 0 Å². The van der Waals surface area contributed by atoms with Gasteiger partial charge in [-0.1, -0.05) is 34.6 Å². The summed E-state index contributed by atoms with van der Waals surface area (Å²) in [6.45, 7) is 10.7. The lowest BCUT2D eigenvalue weighted by atomic mass is 9.92. The fourth-order valence-electron chi connectivity index (χ4n) is 2.69. The van der Waals surface area contributed by atoms with Crippen LogP contribution in [0.25, 0.3) is 5.57 Å². The van der Waals surface area contributed by atoms with Crippen LogP contribution < -0.4 is 0 Å². The van der Waals surface area contributed by atoms with E-state index in [4.69, 9.17) is 4.74 Å². The molecule has 0 radical (unpaired) electrons. The molecule has 0 spiro atoms. The Balaban J connectivity index is 2.17. The van der Waals surface area contributed by atoms with Gasteiger partial charge in [-0.25, -0.2) is 4.79 Å². The Morgan fingerprint density at radius 2 is 1.91 bits per heavy atom. The second kappa shape index (κ2) is 6.86. The first-order valence-electron chi connectivity index (χ1n) is 7.72. The summed E-state index contributed by atoms with van der Waals surface area (Å²) < 4.78 is 6.59. The molecule has 1 atom stereocenters. The van der Waals surface area contributed by atoms with Crippen molar-refractivity contribution < 1.29 is 9.53 Å². The van der Waals surface area contributed by atoms with E-state index in [2.05, 4.69) is 22.5 Å². The number of rotatable bonds is 2. The SMILES string of the molecule is C=C(c1ccc(Br)cc1)[C@@H]1CCCCN1C(=O)OC(C)(C)C. The average Bonchev–Trinajstić information content (AvgIpc) is 2.45. The number of piperidine rings is 1. The van der Waals surface area contributed by atoms with Gasteiger partial charge in [-0.05, 0) is 63.3 Å². The normalized spacial score (nSPS) is 18.9. The van der Waals surface area contributed by atoms with Crippen LogP contribution in [0.5, 0.6) is 0 Å². The number of hydrogen-bond acceptors (Lipinski definition) is 2. The lowest BCUT2D eigenvalue weighted by molar-refractivity contribution is 0.0159. The van der Waals surface area contributed by atoms with Crippen molar-refractivity contribution in [2.45, 2.75) is 51.7 Å². The van der Waals surface area contributed by atoms with Gasteiger partial charge in [0, 0.05) is 11.0 Å². The molecule has 1 aromatic carbocycles. The van der Waals surface area contributed by atoms with Crippen molar-refractivity contribution in [3.05, 3.63) is 40.9 Å². The van der Waals surface area contributed by atoms with Crippen molar-refractivity contribution in [3.63, 3.8) is 0 Å². The molecule has 1 saturated heterocycles. The van der Waals surface area contributed by atoms with Crippen molar-refractivity contribution in [1.29, 1.82) is 0 Å². The molecule has 1 aromatic rings. The lowest BCUT2D eigenvalue weighted by Gasteiger charge is -2.37. The number of ether oxygens (including phenoxy) is 1. The van der Waals surface area contributed by atoms with E-state index in [1.807, 2.05) is 49.9 Å². The van der Waals surface area contributed by atoms with Crippen molar-refractivity contribution in [2.75, 3.05) is 6.54 Å². The largest absolute Gasteiger partial charge is 0.444 e. The first kappa shape index (κ1) is 17.1. The van der Waals surface area contributed by atoms with E-state index in [9.17, 15) is 4.79 Å². The zero-order chi connectivity index (χ0) is 16.3. The number of amides is 1. The summed E-state index contributed by atoms with van der Waals surface area (Å²) in [6, 6.07) is 8.09. The maximum absolute atomic E-state index is 12.5. The van der Waals surface area contributed by atoms with Crippen LogP contribution in [-0.4, -0.2) is 29.2 Å². The quantitative estimate of drug-likeness (QED) is 0.715. The third kappa shape index (κ3) is 4.35. The predicted molar refractivity (Wildman–Crippen MR) is 93.8 cm³/mol. The molecule has 0 unspecified atom stereocenters. The summed E-state index contributed by atoms with van der Waals surface area (Å²) >= 11 is 3.44. The van der Waals surface area contributed by atoms with Gasteiger partial charge < -0.3 is 9.64 Å². The minimum absolute atomic E-state index is 0.0183. The molecule has 1 heterocycles. The zero-order valence-corrected chi connectivity index (χ0v) is 15.1. The third-order valence-electron chi connectivity index (χ3n) is 3.75. The Hall–Kier alpha value is -1.29. The molecule has 22 heavy (non-hydrogen) atoms. The zero-order valence-electron chi connectivity index (χ0n) is 13.6. The monoisotopic (exact) mass is 365 g/mol. The minimum atomic E-state index is -0.474. The maximum atomic E-state index is 12.5. The molecule has 120 valence electrons. The second-order valence-corrected chi connectivity index (χ2v) is 7.63. The Labute approximate surface area is 141 Å². The van der Waals surface area contributed by atoms with Crippen LogP contribution in [0.4, 0.5) is 4.79 Å². The summed E-state index contributed by atoms with van der Waals surface area (Å²) in [5, 5.41) is 0. The molecule has 0 bridgehead atoms. The van der Waals surface area contributed by atoms with Crippen LogP contribution in [0.2, 0.25) is 0 Å². The average molecular weight is 366 g/mol. The molecule has 0 saturated carbocycles. The highest BCUT2D eigenvalue weighted by molar-refractivity contribution is 9.10. The van der Waals surface area contributed by atoms with Gasteiger partial charge in [-0.3, -0.25) is 0 Å². The van der Waals surface area contributed by atoms with Gasteiger partial charge in [0.05, 0.1) is 6.04 Å². The number of carbonyl (C=O) groups excluding carboxylic acids is 1. The lowest BCUT2D eigenvalue weighted by Crippen LogP contribution is -2.46. The van der Waals surface area contributed by atoms with E-state index < -0.39 is 5.60 Å². The van der Waals surface area contributed by atoms with Gasteiger partial charge in [-0.2, -0.15) is 0 Å². The van der Waals surface area contributed by atoms with E-state index in [-0.39, 0.29) is 12.1 Å². The minimum Gasteiger partial charge on any atom is -0.444 e. The van der Waals surface area contributed by atoms with Gasteiger partial charge in [0.1, 0.15) is 5.60 Å². The van der Waals surface area contributed by atoms with E-state index in [0.717, 1.165) is 41.4 Å². The topological polar surface area (TPSA) is 29.5 Å². The van der Waals surface area contributed by atoms with Gasteiger partial charge >= 0.3 is 6.09 Å². The Bertz CT molecular complexity index is 545. The highest BCUT2D eigenvalue weighted by atomic mass is 79.9. The summed E-state index contributed by atoms with van der Waals surface area (Å²) in [4.78, 5) is 14.3. The van der Waals surface area contributed by atoms with Crippen LogP contribution in [0, 0.1) is 0 Å². The van der Waals surface area contributed by atoms with Crippen LogP contribution >= 0.6 is 15.9 Å². The van der Waals surface area contributed by atoms with E-state index in [0.29, 0.717) is 0 Å². The molecule has 1 aliphatic rings. The second-order valence-electron chi connectivity index (χ2n) is 6.72. The van der Waals surface area contributed by atoms with Crippen molar-refractivity contribution >= 4 is 27.6 Å². The first-order chi connectivity index (χ1) is 10.3. The van der Waals surface area contributed by atoms with Gasteiger partial charge in [0.15, 0.2) is 0 Å². The molecule has 2 rings (SSSR count). The smallest absolute Gasteiger partial charge is 0.410 e. The molecule has 1 amide bonds. The van der Waals surface area contributed by atoms with E-state index in [1.54, 1.807) is 0 Å². The number of benzene rings is 1. The van der Waals surface area contributed by atoms with Crippen LogP contribution in [0.3, 0.4) is 0 Å². The molecule has 0 aromatic heterocycles. The van der Waals surface area contributed by atoms with Gasteiger partial charge in [-0.15, -0.1) is 0 Å². The molecule has 1 aliphatic heterocycles. The third-order valence-corrected chi connectivity index (χ3v) is 4.28. The van der Waals surface area contributed by atoms with Crippen LogP contribution in [-0.2, 0) is 4.74 Å². The number of carbonyl (C=O) groups is 1. The summed E-state index contributed by atoms with van der Waals surface area (Å²) in [7, 11) is 0. The molecule has 3 nitrogen and oxygen atoms in total. The highest BCUT2D eigenvalue weighted by Crippen LogP contribution is 2.30. The standard InChI is InChI=1S/C18H24BrNO2/c1-13(14-8-10-15(19)11-9-14)16-7-5-6-12-20(16)17(21)22-18(2,3)4/h8-11,16H,1,5-7,12H2,2-4H3/t16-/m0/s1. The van der Waals surface area contributed by atoms with Gasteiger partial charge in [0.25, 0.3) is 0 Å². The number of halogens is 1. The Morgan fingerprint density at radius 3 is 2.50 bits per heavy atom. The first-order valence-corrected chi connectivity index (χ1v) is 8.51. The molecule has 1 fully saturated rings. The summed E-state index contributed by atoms with van der Waals surface area (Å²) in [5.74, 6) is 0. The number of nitrogens with zero attached hydrogens (tertiary/aromatic N) is 1. The number of likely N-dealkylation sites (tertiary alicyclic amines) is 1. The van der Waals surface area contributed by atoms with Crippen molar-refractivity contribution in [3.8, 4) is 0 Å². The summed E-state index contributed by atoms with van der Waals surface area (Å²) in [6.07, 6.45) is 2.83. The van der Waals surface area contributed by atoms with E-state index in [1.165, 1.54) is 0 Å². The van der Waals surface area contributed by atoms with Crippen molar-refractivity contribution in [2.24, 2.45) is 0 Å². The maximum Gasteiger partial charge on any atom is 0.410 e. The fourth-order valence-corrected chi connectivity index (χ4v) is 2.95. The fraction of sp³-hybridized carbons (Fsp3) is 0.500.